The lowest BCUT2D eigenvalue weighted by molar-refractivity contribution is 0.103. The maximum atomic E-state index is 9.71. The molecule has 0 radical (unpaired) electrons. The van der Waals surface area contributed by atoms with Crippen molar-refractivity contribution in [2.75, 3.05) is 16.0 Å². The first kappa shape index (κ1) is 14.9. The molecular formula is C13H18N6O2. The lowest BCUT2D eigenvalue weighted by Gasteiger charge is -2.28. The summed E-state index contributed by atoms with van der Waals surface area (Å²) < 4.78 is 0. The van der Waals surface area contributed by atoms with Gasteiger partial charge in [0.25, 0.3) is 0 Å². The van der Waals surface area contributed by atoms with Gasteiger partial charge in [-0.25, -0.2) is 0 Å². The summed E-state index contributed by atoms with van der Waals surface area (Å²) >= 11 is 0. The van der Waals surface area contributed by atoms with Gasteiger partial charge in [-0.05, 0) is 26.0 Å². The highest BCUT2D eigenvalue weighted by molar-refractivity contribution is 5.55. The van der Waals surface area contributed by atoms with E-state index in [4.69, 9.17) is 5.73 Å². The lowest BCUT2D eigenvalue weighted by Crippen LogP contribution is -2.41. The average Bonchev–Trinajstić information content (AvgIpc) is 2.38. The first-order valence-electron chi connectivity index (χ1n) is 6.45. The number of hydrogen-bond acceptors (Lipinski definition) is 8. The van der Waals surface area contributed by atoms with E-state index >= 15 is 0 Å². The molecule has 0 aliphatic carbocycles. The van der Waals surface area contributed by atoms with Crippen LogP contribution in [0.15, 0.2) is 30.3 Å². The van der Waals surface area contributed by atoms with E-state index in [1.807, 2.05) is 30.3 Å². The van der Waals surface area contributed by atoms with Crippen molar-refractivity contribution in [1.29, 1.82) is 0 Å². The fourth-order valence-electron chi connectivity index (χ4n) is 1.85. The van der Waals surface area contributed by atoms with Gasteiger partial charge in [-0.15, -0.1) is 0 Å². The van der Waals surface area contributed by atoms with E-state index in [-0.39, 0.29) is 17.8 Å². The van der Waals surface area contributed by atoms with Gasteiger partial charge in [0.2, 0.25) is 17.8 Å². The number of anilines is 4. The molecule has 0 saturated carbocycles. The molecule has 2 unspecified atom stereocenters. The monoisotopic (exact) mass is 290 g/mol. The second-order valence-corrected chi connectivity index (χ2v) is 4.48. The van der Waals surface area contributed by atoms with Gasteiger partial charge in [0, 0.05) is 5.69 Å². The number of nitrogens with two attached hydrogens (primary N) is 1. The molecule has 1 heterocycles. The number of nitrogens with one attached hydrogen (secondary N) is 1. The summed E-state index contributed by atoms with van der Waals surface area (Å²) in [5, 5.41) is 22.4. The third-order valence-electron chi connectivity index (χ3n) is 2.71. The molecule has 5 N–H and O–H groups in total. The van der Waals surface area contributed by atoms with Crippen molar-refractivity contribution in [3.63, 3.8) is 0 Å². The number of hydrogen-bond donors (Lipinski definition) is 4. The Kier molecular flexibility index (Phi) is 4.51. The number of nitrogen functional groups attached to an aromatic ring is 1. The fraction of sp³-hybridized carbons (Fsp3) is 0.308. The smallest absolute Gasteiger partial charge is 0.236 e. The van der Waals surface area contributed by atoms with E-state index in [1.54, 1.807) is 0 Å². The first-order valence-corrected chi connectivity index (χ1v) is 6.45. The highest BCUT2D eigenvalue weighted by Crippen LogP contribution is 2.18. The molecule has 112 valence electrons. The molecule has 0 bridgehead atoms. The van der Waals surface area contributed by atoms with Crippen molar-refractivity contribution in [3.8, 4) is 0 Å². The lowest BCUT2D eigenvalue weighted by atomic mass is 10.3. The van der Waals surface area contributed by atoms with E-state index in [9.17, 15) is 10.2 Å². The molecule has 0 spiro atoms. The van der Waals surface area contributed by atoms with Gasteiger partial charge in [-0.2, -0.15) is 15.0 Å². The minimum atomic E-state index is -0.976. The van der Waals surface area contributed by atoms with Crippen LogP contribution in [0.3, 0.4) is 0 Å². The number of benzene rings is 1. The van der Waals surface area contributed by atoms with E-state index in [0.717, 1.165) is 5.69 Å². The van der Waals surface area contributed by atoms with E-state index < -0.39 is 12.5 Å². The summed E-state index contributed by atoms with van der Waals surface area (Å²) in [4.78, 5) is 13.3. The van der Waals surface area contributed by atoms with Crippen LogP contribution in [0.1, 0.15) is 13.8 Å². The summed E-state index contributed by atoms with van der Waals surface area (Å²) in [5.41, 5.74) is 6.45. The molecule has 21 heavy (non-hydrogen) atoms. The van der Waals surface area contributed by atoms with Crippen LogP contribution in [0.25, 0.3) is 0 Å². The second kappa shape index (κ2) is 6.33. The normalized spacial score (nSPS) is 13.5. The molecule has 2 atom stereocenters. The molecule has 2 aromatic rings. The quantitative estimate of drug-likeness (QED) is 0.593. The van der Waals surface area contributed by atoms with E-state index in [1.165, 1.54) is 18.7 Å². The SMILES string of the molecule is CC(O)N(c1nc(N)nc(Nc2ccccc2)n1)C(C)O. The third-order valence-corrected chi connectivity index (χ3v) is 2.71. The third kappa shape index (κ3) is 3.77. The second-order valence-electron chi connectivity index (χ2n) is 4.48. The van der Waals surface area contributed by atoms with Gasteiger partial charge in [0.05, 0.1) is 0 Å². The minimum Gasteiger partial charge on any atom is -0.374 e. The number of aromatic nitrogens is 3. The van der Waals surface area contributed by atoms with E-state index in [0.29, 0.717) is 0 Å². The van der Waals surface area contributed by atoms with Gasteiger partial charge < -0.3 is 21.3 Å². The maximum absolute atomic E-state index is 9.71. The Labute approximate surface area is 122 Å². The Morgan fingerprint density at radius 1 is 1.05 bits per heavy atom. The van der Waals surface area contributed by atoms with Crippen molar-refractivity contribution in [3.05, 3.63) is 30.3 Å². The van der Waals surface area contributed by atoms with Gasteiger partial charge in [-0.3, -0.25) is 4.90 Å². The zero-order valence-electron chi connectivity index (χ0n) is 11.8. The minimum absolute atomic E-state index is 0.00951. The van der Waals surface area contributed by atoms with Gasteiger partial charge in [-0.1, -0.05) is 18.2 Å². The van der Waals surface area contributed by atoms with Crippen LogP contribution in [-0.2, 0) is 0 Å². The molecule has 0 aliphatic heterocycles. The van der Waals surface area contributed by atoms with Crippen LogP contribution in [0.2, 0.25) is 0 Å². The summed E-state index contributed by atoms with van der Waals surface area (Å²) in [7, 11) is 0. The summed E-state index contributed by atoms with van der Waals surface area (Å²) in [6, 6.07) is 9.32. The predicted octanol–water partition coefficient (Wildman–Crippen LogP) is 0.680. The molecule has 8 nitrogen and oxygen atoms in total. The van der Waals surface area contributed by atoms with Gasteiger partial charge in [0.1, 0.15) is 12.5 Å². The zero-order chi connectivity index (χ0) is 15.4. The summed E-state index contributed by atoms with van der Waals surface area (Å²) in [6.45, 7) is 2.99. The highest BCUT2D eigenvalue weighted by atomic mass is 16.3. The first-order chi connectivity index (χ1) is 9.97. The standard InChI is InChI=1S/C13H18N6O2/c1-8(20)19(9(2)21)13-17-11(14)16-12(18-13)15-10-6-4-3-5-7-10/h3-9,20-21H,1-2H3,(H3,14,15,16,17,18). The topological polar surface area (TPSA) is 120 Å². The van der Waals surface area contributed by atoms with E-state index in [2.05, 4.69) is 20.3 Å². The van der Waals surface area contributed by atoms with Gasteiger partial charge >= 0.3 is 0 Å². The molecule has 0 fully saturated rings. The molecule has 2 rings (SSSR count). The van der Waals surface area contributed by atoms with Crippen LogP contribution < -0.4 is 16.0 Å². The van der Waals surface area contributed by atoms with Crippen molar-refractivity contribution < 1.29 is 10.2 Å². The number of nitrogens with zero attached hydrogens (tertiary/aromatic N) is 4. The Balaban J connectivity index is 2.32. The number of aliphatic hydroxyl groups is 2. The molecule has 0 amide bonds. The Bertz CT molecular complexity index is 582. The fourth-order valence-corrected chi connectivity index (χ4v) is 1.85. The van der Waals surface area contributed by atoms with Crippen molar-refractivity contribution in [2.24, 2.45) is 0 Å². The molecule has 1 aromatic heterocycles. The van der Waals surface area contributed by atoms with Crippen LogP contribution in [-0.4, -0.2) is 37.6 Å². The van der Waals surface area contributed by atoms with Crippen LogP contribution in [0.4, 0.5) is 23.5 Å². The van der Waals surface area contributed by atoms with Crippen LogP contribution >= 0.6 is 0 Å². The van der Waals surface area contributed by atoms with Gasteiger partial charge in [0.15, 0.2) is 0 Å². The Morgan fingerprint density at radius 2 is 1.67 bits per heavy atom. The molecule has 0 saturated heterocycles. The van der Waals surface area contributed by atoms with Crippen molar-refractivity contribution in [1.82, 2.24) is 15.0 Å². The summed E-state index contributed by atoms with van der Waals surface area (Å²) in [6.07, 6.45) is -1.95. The highest BCUT2D eigenvalue weighted by Gasteiger charge is 2.21. The zero-order valence-corrected chi connectivity index (χ0v) is 11.8. The number of para-hydroxylation sites is 1. The Hall–Kier alpha value is -2.45. The van der Waals surface area contributed by atoms with Crippen LogP contribution in [0, 0.1) is 0 Å². The molecular weight excluding hydrogens is 272 g/mol. The number of aliphatic hydroxyl groups excluding tert-OH is 2. The summed E-state index contributed by atoms with van der Waals surface area (Å²) in [5.74, 6) is 0.311. The largest absolute Gasteiger partial charge is 0.374 e. The number of rotatable bonds is 5. The molecule has 8 heteroatoms. The van der Waals surface area contributed by atoms with Crippen molar-refractivity contribution in [2.45, 2.75) is 26.3 Å². The molecule has 0 aliphatic rings. The van der Waals surface area contributed by atoms with Crippen LogP contribution in [0.5, 0.6) is 0 Å². The predicted molar refractivity (Wildman–Crippen MR) is 79.8 cm³/mol. The average molecular weight is 290 g/mol. The maximum Gasteiger partial charge on any atom is 0.236 e. The van der Waals surface area contributed by atoms with Crippen molar-refractivity contribution >= 4 is 23.5 Å². The Morgan fingerprint density at radius 3 is 2.24 bits per heavy atom. The molecule has 1 aromatic carbocycles.